The minimum atomic E-state index is -0.751. The van der Waals surface area contributed by atoms with Gasteiger partial charge in [0, 0.05) is 12.2 Å². The lowest BCUT2D eigenvalue weighted by atomic mass is 9.89. The first-order valence-electron chi connectivity index (χ1n) is 6.83. The van der Waals surface area contributed by atoms with Crippen molar-refractivity contribution in [3.05, 3.63) is 29.8 Å². The zero-order chi connectivity index (χ0) is 14.5. The van der Waals surface area contributed by atoms with Gasteiger partial charge in [-0.2, -0.15) is 0 Å². The molecule has 0 aliphatic heterocycles. The number of aliphatic carboxylic acids is 1. The van der Waals surface area contributed by atoms with Gasteiger partial charge in [0.05, 0.1) is 6.42 Å². The first-order chi connectivity index (χ1) is 8.78. The number of benzene rings is 1. The van der Waals surface area contributed by atoms with Crippen LogP contribution < -0.4 is 5.32 Å². The predicted molar refractivity (Wildman–Crippen MR) is 79.5 cm³/mol. The molecule has 0 saturated heterocycles. The van der Waals surface area contributed by atoms with Crippen LogP contribution in [0.3, 0.4) is 0 Å². The van der Waals surface area contributed by atoms with Gasteiger partial charge >= 0.3 is 5.97 Å². The fourth-order valence-electron chi connectivity index (χ4n) is 2.04. The molecule has 1 aromatic carbocycles. The Morgan fingerprint density at radius 2 is 1.84 bits per heavy atom. The van der Waals surface area contributed by atoms with Crippen LogP contribution in [0.2, 0.25) is 0 Å². The molecule has 0 fully saturated rings. The Labute approximate surface area is 116 Å². The van der Waals surface area contributed by atoms with E-state index in [1.54, 1.807) is 0 Å². The van der Waals surface area contributed by atoms with E-state index in [4.69, 9.17) is 5.11 Å². The van der Waals surface area contributed by atoms with Crippen molar-refractivity contribution in [1.29, 1.82) is 0 Å². The number of anilines is 1. The summed E-state index contributed by atoms with van der Waals surface area (Å²) in [4.78, 5) is 10.7. The van der Waals surface area contributed by atoms with Gasteiger partial charge in [0.2, 0.25) is 0 Å². The van der Waals surface area contributed by atoms with Crippen LogP contribution in [0.25, 0.3) is 0 Å². The molecule has 0 aliphatic carbocycles. The second-order valence-electron chi connectivity index (χ2n) is 6.38. The van der Waals surface area contributed by atoms with Crippen LogP contribution >= 0.6 is 0 Å². The summed E-state index contributed by atoms with van der Waals surface area (Å²) in [6.45, 7) is 8.99. The van der Waals surface area contributed by atoms with Crippen LogP contribution in [0.4, 0.5) is 5.69 Å². The van der Waals surface area contributed by atoms with Gasteiger partial charge in [0.1, 0.15) is 0 Å². The first-order valence-corrected chi connectivity index (χ1v) is 6.83. The van der Waals surface area contributed by atoms with Gasteiger partial charge in [-0.05, 0) is 35.4 Å². The number of carboxylic acid groups (broad SMARTS) is 1. The van der Waals surface area contributed by atoms with Crippen LogP contribution in [0.5, 0.6) is 0 Å². The van der Waals surface area contributed by atoms with E-state index >= 15 is 0 Å². The topological polar surface area (TPSA) is 49.3 Å². The maximum atomic E-state index is 10.7. The molecule has 0 aliphatic rings. The van der Waals surface area contributed by atoms with Crippen molar-refractivity contribution in [3.8, 4) is 0 Å². The van der Waals surface area contributed by atoms with Crippen LogP contribution in [-0.2, 0) is 11.2 Å². The van der Waals surface area contributed by atoms with E-state index in [-0.39, 0.29) is 11.8 Å². The van der Waals surface area contributed by atoms with Crippen molar-refractivity contribution < 1.29 is 9.90 Å². The van der Waals surface area contributed by atoms with Crippen LogP contribution in [0.15, 0.2) is 24.3 Å². The average Bonchev–Trinajstić information content (AvgIpc) is 2.25. The molecule has 0 unspecified atom stereocenters. The Morgan fingerprint density at radius 1 is 1.26 bits per heavy atom. The molecule has 0 bridgehead atoms. The highest BCUT2D eigenvalue weighted by Crippen LogP contribution is 2.21. The maximum Gasteiger partial charge on any atom is 0.303 e. The average molecular weight is 263 g/mol. The van der Waals surface area contributed by atoms with E-state index in [1.165, 1.54) is 5.56 Å². The number of carbonyl (C=O) groups is 1. The normalized spacial score (nSPS) is 11.6. The summed E-state index contributed by atoms with van der Waals surface area (Å²) in [5, 5.41) is 12.1. The molecule has 0 amide bonds. The number of nitrogens with one attached hydrogen (secondary N) is 1. The Kier molecular flexibility index (Phi) is 5.40. The smallest absolute Gasteiger partial charge is 0.303 e. The quantitative estimate of drug-likeness (QED) is 0.786. The van der Waals surface area contributed by atoms with Gasteiger partial charge in [-0.3, -0.25) is 4.79 Å². The molecular weight excluding hydrogens is 238 g/mol. The summed E-state index contributed by atoms with van der Waals surface area (Å²) in [6.07, 6.45) is 1.26. The second kappa shape index (κ2) is 6.60. The lowest BCUT2D eigenvalue weighted by Crippen LogP contribution is -2.26. The molecular formula is C16H25NO2. The van der Waals surface area contributed by atoms with E-state index in [9.17, 15) is 4.79 Å². The lowest BCUT2D eigenvalue weighted by Gasteiger charge is -2.23. The molecule has 1 rings (SSSR count). The van der Waals surface area contributed by atoms with E-state index in [0.717, 1.165) is 12.1 Å². The predicted octanol–water partition coefficient (Wildman–Crippen LogP) is 3.80. The zero-order valence-corrected chi connectivity index (χ0v) is 12.4. The molecule has 1 aromatic rings. The first kappa shape index (κ1) is 15.5. The SMILES string of the molecule is CC(C)Cc1ccc(NCC(C)(C)CC(=O)O)cc1. The van der Waals surface area contributed by atoms with Gasteiger partial charge in [-0.1, -0.05) is 39.8 Å². The number of hydrogen-bond acceptors (Lipinski definition) is 2. The lowest BCUT2D eigenvalue weighted by molar-refractivity contribution is -0.139. The summed E-state index contributed by atoms with van der Waals surface area (Å²) < 4.78 is 0. The van der Waals surface area contributed by atoms with Crippen molar-refractivity contribution >= 4 is 11.7 Å². The van der Waals surface area contributed by atoms with Crippen molar-refractivity contribution in [2.45, 2.75) is 40.5 Å². The van der Waals surface area contributed by atoms with E-state index in [2.05, 4.69) is 43.4 Å². The van der Waals surface area contributed by atoms with E-state index < -0.39 is 5.97 Å². The van der Waals surface area contributed by atoms with Crippen molar-refractivity contribution in [2.24, 2.45) is 11.3 Å². The second-order valence-corrected chi connectivity index (χ2v) is 6.38. The van der Waals surface area contributed by atoms with E-state index in [0.29, 0.717) is 12.5 Å². The molecule has 0 spiro atoms. The summed E-state index contributed by atoms with van der Waals surface area (Å²) in [6, 6.07) is 8.39. The number of carboxylic acids is 1. The monoisotopic (exact) mass is 263 g/mol. The number of hydrogen-bond donors (Lipinski definition) is 2. The Morgan fingerprint density at radius 3 is 2.32 bits per heavy atom. The minimum absolute atomic E-state index is 0.172. The third-order valence-corrected chi connectivity index (χ3v) is 3.00. The van der Waals surface area contributed by atoms with Crippen LogP contribution in [0, 0.1) is 11.3 Å². The van der Waals surface area contributed by atoms with Gasteiger partial charge in [-0.25, -0.2) is 0 Å². The summed E-state index contributed by atoms with van der Waals surface area (Å²) in [7, 11) is 0. The molecule has 2 N–H and O–H groups in total. The van der Waals surface area contributed by atoms with Crippen molar-refractivity contribution in [1.82, 2.24) is 0 Å². The summed E-state index contributed by atoms with van der Waals surface area (Å²) in [5.74, 6) is -0.0904. The van der Waals surface area contributed by atoms with Crippen molar-refractivity contribution in [3.63, 3.8) is 0 Å². The molecule has 0 atom stereocenters. The molecule has 0 radical (unpaired) electrons. The van der Waals surface area contributed by atoms with Gasteiger partial charge in [0.25, 0.3) is 0 Å². The summed E-state index contributed by atoms with van der Waals surface area (Å²) in [5.41, 5.74) is 2.14. The molecule has 19 heavy (non-hydrogen) atoms. The largest absolute Gasteiger partial charge is 0.481 e. The maximum absolute atomic E-state index is 10.7. The Hall–Kier alpha value is -1.51. The zero-order valence-electron chi connectivity index (χ0n) is 12.4. The van der Waals surface area contributed by atoms with Gasteiger partial charge < -0.3 is 10.4 Å². The number of rotatable bonds is 7. The Bertz CT molecular complexity index is 407. The fourth-order valence-corrected chi connectivity index (χ4v) is 2.04. The fraction of sp³-hybridized carbons (Fsp3) is 0.562. The molecule has 3 heteroatoms. The molecule has 0 aromatic heterocycles. The minimum Gasteiger partial charge on any atom is -0.481 e. The van der Waals surface area contributed by atoms with Gasteiger partial charge in [0.15, 0.2) is 0 Å². The highest BCUT2D eigenvalue weighted by Gasteiger charge is 2.21. The highest BCUT2D eigenvalue weighted by molar-refractivity contribution is 5.67. The van der Waals surface area contributed by atoms with Crippen LogP contribution in [-0.4, -0.2) is 17.6 Å². The molecule has 0 heterocycles. The van der Waals surface area contributed by atoms with Gasteiger partial charge in [-0.15, -0.1) is 0 Å². The van der Waals surface area contributed by atoms with E-state index in [1.807, 2.05) is 13.8 Å². The highest BCUT2D eigenvalue weighted by atomic mass is 16.4. The molecule has 3 nitrogen and oxygen atoms in total. The molecule has 0 saturated carbocycles. The third-order valence-electron chi connectivity index (χ3n) is 3.00. The van der Waals surface area contributed by atoms with Crippen LogP contribution in [0.1, 0.15) is 39.7 Å². The van der Waals surface area contributed by atoms with Crippen molar-refractivity contribution in [2.75, 3.05) is 11.9 Å². The standard InChI is InChI=1S/C16H25NO2/c1-12(2)9-13-5-7-14(8-6-13)17-11-16(3,4)10-15(18)19/h5-8,12,17H,9-11H2,1-4H3,(H,18,19). The summed E-state index contributed by atoms with van der Waals surface area (Å²) >= 11 is 0. The molecule has 106 valence electrons. The third kappa shape index (κ3) is 6.27. The Balaban J connectivity index is 2.52.